The van der Waals surface area contributed by atoms with Gasteiger partial charge in [-0.25, -0.2) is 0 Å². The van der Waals surface area contributed by atoms with E-state index in [0.29, 0.717) is 23.7 Å². The lowest BCUT2D eigenvalue weighted by molar-refractivity contribution is -0.908. The number of anilines is 1. The summed E-state index contributed by atoms with van der Waals surface area (Å²) in [6, 6.07) is 9.21. The van der Waals surface area contributed by atoms with Crippen molar-refractivity contribution >= 4 is 29.0 Å². The van der Waals surface area contributed by atoms with Crippen LogP contribution in [0.1, 0.15) is 19.8 Å². The predicted molar refractivity (Wildman–Crippen MR) is 110 cm³/mol. The lowest BCUT2D eigenvalue weighted by Crippen LogP contribution is -3.14. The maximum absolute atomic E-state index is 13.1. The number of quaternary nitrogens is 1. The number of hydrogen-bond acceptors (Lipinski definition) is 6. The molecule has 29 heavy (non-hydrogen) atoms. The van der Waals surface area contributed by atoms with Crippen LogP contribution in [0.5, 0.6) is 0 Å². The molecule has 0 aromatic heterocycles. The van der Waals surface area contributed by atoms with Gasteiger partial charge in [0.2, 0.25) is 0 Å². The normalized spacial score (nSPS) is 20.7. The molecule has 1 saturated heterocycles. The third kappa shape index (κ3) is 5.48. The first kappa shape index (κ1) is 21.1. The largest absolute Gasteiger partial charge is 0.469 e. The number of carbonyl (C=O) groups is 2. The van der Waals surface area contributed by atoms with Crippen LogP contribution in [0.3, 0.4) is 0 Å². The van der Waals surface area contributed by atoms with Gasteiger partial charge in [-0.1, -0.05) is 18.2 Å². The van der Waals surface area contributed by atoms with Crippen LogP contribution < -0.4 is 9.91 Å². The number of aliphatic imine (C=N–C) groups is 1. The summed E-state index contributed by atoms with van der Waals surface area (Å²) in [7, 11) is 1.33. The average molecular weight is 401 g/mol. The molecule has 0 radical (unpaired) electrons. The number of rotatable bonds is 8. The Bertz CT molecular complexity index is 772. The Balaban J connectivity index is 1.67. The zero-order chi connectivity index (χ0) is 20.6. The van der Waals surface area contributed by atoms with Crippen LogP contribution in [-0.4, -0.2) is 69.8 Å². The molecule has 2 aliphatic heterocycles. The molecule has 0 saturated carbocycles. The standard InChI is InChI=1S/C21H28N4O4/c1-16(22-9-6-10-24-11-13-29-14-12-24)20-18(15-19(26)28-2)23-25(21(20)27)17-7-4-3-5-8-17/h3-5,7-8,20H,6,9-15H2,1-2H3/p+1. The Hall–Kier alpha value is -2.58. The second-order valence-corrected chi connectivity index (χ2v) is 7.25. The van der Waals surface area contributed by atoms with Crippen molar-refractivity contribution in [3.8, 4) is 0 Å². The molecule has 3 rings (SSSR count). The molecular formula is C21H29N4O4+. The summed E-state index contributed by atoms with van der Waals surface area (Å²) in [4.78, 5) is 31.1. The topological polar surface area (TPSA) is 85.0 Å². The molecule has 1 fully saturated rings. The van der Waals surface area contributed by atoms with Crippen LogP contribution >= 0.6 is 0 Å². The highest BCUT2D eigenvalue weighted by atomic mass is 16.5. The van der Waals surface area contributed by atoms with Gasteiger partial charge in [-0.3, -0.25) is 14.6 Å². The molecule has 1 N–H and O–H groups in total. The van der Waals surface area contributed by atoms with Crippen LogP contribution in [0.15, 0.2) is 40.4 Å². The van der Waals surface area contributed by atoms with Crippen molar-refractivity contribution < 1.29 is 24.0 Å². The number of hydrogen-bond donors (Lipinski definition) is 1. The number of methoxy groups -OCH3 is 1. The summed E-state index contributed by atoms with van der Waals surface area (Å²) in [5.74, 6) is -1.22. The van der Waals surface area contributed by atoms with Crippen LogP contribution in [0, 0.1) is 5.92 Å². The zero-order valence-corrected chi connectivity index (χ0v) is 17.1. The fourth-order valence-corrected chi connectivity index (χ4v) is 3.62. The number of amides is 1. The summed E-state index contributed by atoms with van der Waals surface area (Å²) in [6.45, 7) is 7.23. The maximum Gasteiger partial charge on any atom is 0.311 e. The van der Waals surface area contributed by atoms with Crippen LogP contribution in [0.2, 0.25) is 0 Å². The summed E-state index contributed by atoms with van der Waals surface area (Å²) >= 11 is 0. The fourth-order valence-electron chi connectivity index (χ4n) is 3.62. The first-order valence-corrected chi connectivity index (χ1v) is 10.1. The van der Waals surface area contributed by atoms with Gasteiger partial charge in [0.25, 0.3) is 5.91 Å². The quantitative estimate of drug-likeness (QED) is 0.387. The Morgan fingerprint density at radius 3 is 2.72 bits per heavy atom. The van der Waals surface area contributed by atoms with Crippen molar-refractivity contribution in [2.24, 2.45) is 16.0 Å². The van der Waals surface area contributed by atoms with Gasteiger partial charge in [-0.05, 0) is 19.1 Å². The zero-order valence-electron chi connectivity index (χ0n) is 17.1. The molecule has 8 heteroatoms. The van der Waals surface area contributed by atoms with E-state index in [-0.39, 0.29) is 12.3 Å². The smallest absolute Gasteiger partial charge is 0.311 e. The van der Waals surface area contributed by atoms with Crippen LogP contribution in [0.4, 0.5) is 5.69 Å². The molecule has 1 aromatic carbocycles. The Morgan fingerprint density at radius 1 is 1.31 bits per heavy atom. The van der Waals surface area contributed by atoms with Crippen molar-refractivity contribution in [1.82, 2.24) is 0 Å². The second-order valence-electron chi connectivity index (χ2n) is 7.25. The SMILES string of the molecule is COC(=O)CC1=NN(c2ccccc2)C(=O)C1C(C)=NCCC[NH+]1CCOCC1. The van der Waals surface area contributed by atoms with Crippen molar-refractivity contribution in [1.29, 1.82) is 0 Å². The van der Waals surface area contributed by atoms with E-state index in [9.17, 15) is 9.59 Å². The van der Waals surface area contributed by atoms with E-state index in [2.05, 4.69) is 10.1 Å². The Labute approximate surface area is 171 Å². The molecule has 156 valence electrons. The van der Waals surface area contributed by atoms with Gasteiger partial charge in [-0.15, -0.1) is 0 Å². The second kappa shape index (κ2) is 10.3. The minimum absolute atomic E-state index is 0.0268. The Morgan fingerprint density at radius 2 is 2.03 bits per heavy atom. The minimum atomic E-state index is -0.620. The van der Waals surface area contributed by atoms with Gasteiger partial charge in [-0.2, -0.15) is 10.1 Å². The van der Waals surface area contributed by atoms with E-state index >= 15 is 0 Å². The van der Waals surface area contributed by atoms with Crippen molar-refractivity contribution in [2.75, 3.05) is 51.5 Å². The summed E-state index contributed by atoms with van der Waals surface area (Å²) in [6.07, 6.45) is 0.917. The maximum atomic E-state index is 13.1. The van der Waals surface area contributed by atoms with E-state index in [0.717, 1.165) is 39.3 Å². The van der Waals surface area contributed by atoms with E-state index in [1.165, 1.54) is 17.0 Å². The predicted octanol–water partition coefficient (Wildman–Crippen LogP) is 0.335. The monoisotopic (exact) mass is 401 g/mol. The van der Waals surface area contributed by atoms with E-state index in [1.807, 2.05) is 37.3 Å². The number of nitrogens with zero attached hydrogens (tertiary/aromatic N) is 3. The summed E-state index contributed by atoms with van der Waals surface area (Å²) in [5, 5.41) is 5.79. The van der Waals surface area contributed by atoms with Gasteiger partial charge < -0.3 is 14.4 Å². The molecule has 0 spiro atoms. The molecule has 0 aliphatic carbocycles. The van der Waals surface area contributed by atoms with E-state index in [4.69, 9.17) is 9.47 Å². The number of nitrogens with one attached hydrogen (secondary N) is 1. The third-order valence-electron chi connectivity index (χ3n) is 5.24. The number of esters is 1. The lowest BCUT2D eigenvalue weighted by Gasteiger charge is -2.23. The number of para-hydroxylation sites is 1. The van der Waals surface area contributed by atoms with Crippen molar-refractivity contribution in [3.63, 3.8) is 0 Å². The van der Waals surface area contributed by atoms with Crippen LogP contribution in [-0.2, 0) is 19.1 Å². The third-order valence-corrected chi connectivity index (χ3v) is 5.24. The number of hydrazone groups is 1. The highest BCUT2D eigenvalue weighted by molar-refractivity contribution is 6.30. The van der Waals surface area contributed by atoms with Gasteiger partial charge in [0, 0.05) is 18.7 Å². The number of benzene rings is 1. The Kier molecular flexibility index (Phi) is 7.48. The molecule has 1 atom stereocenters. The first-order chi connectivity index (χ1) is 14.1. The van der Waals surface area contributed by atoms with Gasteiger partial charge >= 0.3 is 5.97 Å². The number of morpholine rings is 1. The fraction of sp³-hybridized carbons (Fsp3) is 0.524. The highest BCUT2D eigenvalue weighted by Gasteiger charge is 2.39. The summed E-state index contributed by atoms with van der Waals surface area (Å²) in [5.41, 5.74) is 1.84. The molecular weight excluding hydrogens is 372 g/mol. The van der Waals surface area contributed by atoms with Gasteiger partial charge in [0.1, 0.15) is 19.0 Å². The number of carbonyl (C=O) groups excluding carboxylic acids is 2. The van der Waals surface area contributed by atoms with Gasteiger partial charge in [0.15, 0.2) is 0 Å². The van der Waals surface area contributed by atoms with E-state index in [1.54, 1.807) is 0 Å². The minimum Gasteiger partial charge on any atom is -0.469 e. The van der Waals surface area contributed by atoms with Crippen LogP contribution in [0.25, 0.3) is 0 Å². The molecule has 2 heterocycles. The highest BCUT2D eigenvalue weighted by Crippen LogP contribution is 2.26. The van der Waals surface area contributed by atoms with Crippen molar-refractivity contribution in [2.45, 2.75) is 19.8 Å². The number of ether oxygens (including phenoxy) is 2. The first-order valence-electron chi connectivity index (χ1n) is 10.1. The average Bonchev–Trinajstić information content (AvgIpc) is 3.08. The van der Waals surface area contributed by atoms with Crippen molar-refractivity contribution in [3.05, 3.63) is 30.3 Å². The molecule has 1 unspecified atom stereocenters. The molecule has 0 bridgehead atoms. The molecule has 8 nitrogen and oxygen atoms in total. The molecule has 1 aromatic rings. The lowest BCUT2D eigenvalue weighted by atomic mass is 9.96. The molecule has 2 aliphatic rings. The van der Waals surface area contributed by atoms with E-state index < -0.39 is 11.9 Å². The molecule has 1 amide bonds. The van der Waals surface area contributed by atoms with Gasteiger partial charge in [0.05, 0.1) is 44.7 Å². The summed E-state index contributed by atoms with van der Waals surface area (Å²) < 4.78 is 10.2.